The second kappa shape index (κ2) is 11.7. The van der Waals surface area contributed by atoms with Crippen molar-refractivity contribution >= 4 is 12.2 Å². The molecule has 1 aromatic carbocycles. The van der Waals surface area contributed by atoms with E-state index in [-0.39, 0.29) is 18.3 Å². The molecule has 0 spiro atoms. The van der Waals surface area contributed by atoms with E-state index in [0.717, 1.165) is 47.3 Å². The number of H-pyrrole nitrogens is 1. The number of likely N-dealkylation sites (N-methyl/N-ethyl adjacent to an activating group) is 1. The molecule has 3 heterocycles. The number of hydrogen-bond acceptors (Lipinski definition) is 6. The fraction of sp³-hybridized carbons (Fsp3) is 0.296. The van der Waals surface area contributed by atoms with Gasteiger partial charge in [0, 0.05) is 42.2 Å². The third kappa shape index (κ3) is 6.34. The average molecular weight is 504 g/mol. The predicted octanol–water partition coefficient (Wildman–Crippen LogP) is 3.60. The zero-order chi connectivity index (χ0) is 26.4. The fourth-order valence-electron chi connectivity index (χ4n) is 4.07. The van der Waals surface area contributed by atoms with Crippen LogP contribution in [-0.4, -0.2) is 61.7 Å². The Bertz CT molecular complexity index is 1380. The molecule has 0 radical (unpaired) electrons. The molecule has 0 saturated heterocycles. The molecule has 0 fully saturated rings. The van der Waals surface area contributed by atoms with Crippen LogP contribution in [0.4, 0.5) is 4.39 Å². The predicted molar refractivity (Wildman–Crippen MR) is 139 cm³/mol. The first-order valence-electron chi connectivity index (χ1n) is 12.1. The number of pyridine rings is 1. The van der Waals surface area contributed by atoms with E-state index in [1.807, 2.05) is 25.1 Å². The maximum absolute atomic E-state index is 14.9. The van der Waals surface area contributed by atoms with Crippen molar-refractivity contribution in [3.8, 4) is 33.6 Å². The van der Waals surface area contributed by atoms with E-state index in [2.05, 4.69) is 20.3 Å². The summed E-state index contributed by atoms with van der Waals surface area (Å²) in [6.07, 6.45) is 7.75. The van der Waals surface area contributed by atoms with Crippen LogP contribution >= 0.6 is 0 Å². The highest BCUT2D eigenvalue weighted by atomic mass is 19.1. The van der Waals surface area contributed by atoms with Crippen LogP contribution in [0, 0.1) is 12.7 Å². The summed E-state index contributed by atoms with van der Waals surface area (Å²) in [7, 11) is 1.72. The monoisotopic (exact) mass is 503 g/mol. The van der Waals surface area contributed by atoms with Crippen molar-refractivity contribution in [2.24, 2.45) is 5.73 Å². The van der Waals surface area contributed by atoms with Crippen LogP contribution in [0.3, 0.4) is 0 Å². The van der Waals surface area contributed by atoms with Crippen LogP contribution < -0.4 is 5.73 Å². The molecule has 9 nitrogen and oxygen atoms in total. The van der Waals surface area contributed by atoms with E-state index in [4.69, 9.17) is 5.73 Å². The Labute approximate surface area is 214 Å². The van der Waals surface area contributed by atoms with Crippen molar-refractivity contribution in [3.63, 3.8) is 0 Å². The van der Waals surface area contributed by atoms with Gasteiger partial charge in [-0.15, -0.1) is 0 Å². The number of aryl methyl sites for hydroxylation is 1. The van der Waals surface area contributed by atoms with Crippen LogP contribution in [0.25, 0.3) is 33.6 Å². The standard InChI is InChI=1S/C27H30FN7O2/c1-18-6-5-8-25(32-18)27-23(14-30-33-27)19-9-10-24(28)22(12-19)20-13-31-35(15-20)16-26(37)34(2)11-4-3-7-21(29)17-36/h5-6,8-10,12-15,17,21H,3-4,7,11,16,29H2,1-2H3,(H,30,33). The summed E-state index contributed by atoms with van der Waals surface area (Å²) in [6.45, 7) is 2.51. The largest absolute Gasteiger partial charge is 0.344 e. The molecule has 0 aliphatic rings. The first kappa shape index (κ1) is 25.9. The Morgan fingerprint density at radius 1 is 1.19 bits per heavy atom. The maximum atomic E-state index is 14.9. The third-order valence-corrected chi connectivity index (χ3v) is 6.18. The van der Waals surface area contributed by atoms with Crippen LogP contribution in [-0.2, 0) is 16.1 Å². The number of unbranched alkanes of at least 4 members (excludes halogenated alkanes) is 1. The van der Waals surface area contributed by atoms with Crippen molar-refractivity contribution in [2.75, 3.05) is 13.6 Å². The van der Waals surface area contributed by atoms with Gasteiger partial charge in [0.15, 0.2) is 0 Å². The fourth-order valence-corrected chi connectivity index (χ4v) is 4.07. The molecule has 37 heavy (non-hydrogen) atoms. The number of aromatic nitrogens is 5. The van der Waals surface area contributed by atoms with Gasteiger partial charge in [0.2, 0.25) is 5.91 Å². The van der Waals surface area contributed by atoms with Gasteiger partial charge >= 0.3 is 0 Å². The number of carbonyl (C=O) groups excluding carboxylic acids is 2. The van der Waals surface area contributed by atoms with Crippen molar-refractivity contribution in [1.82, 2.24) is 29.9 Å². The Morgan fingerprint density at radius 2 is 2.03 bits per heavy atom. The second-order valence-electron chi connectivity index (χ2n) is 9.06. The van der Waals surface area contributed by atoms with Gasteiger partial charge in [0.25, 0.3) is 0 Å². The van der Waals surface area contributed by atoms with E-state index in [1.165, 1.54) is 10.7 Å². The summed E-state index contributed by atoms with van der Waals surface area (Å²) >= 11 is 0. The lowest BCUT2D eigenvalue weighted by Crippen LogP contribution is -2.31. The van der Waals surface area contributed by atoms with Crippen molar-refractivity contribution in [2.45, 2.75) is 38.8 Å². The highest BCUT2D eigenvalue weighted by Crippen LogP contribution is 2.33. The number of aromatic amines is 1. The van der Waals surface area contributed by atoms with Crippen LogP contribution in [0.1, 0.15) is 25.0 Å². The Balaban J connectivity index is 1.47. The molecule has 10 heteroatoms. The molecule has 0 aliphatic carbocycles. The molecule has 4 aromatic rings. The first-order chi connectivity index (χ1) is 17.9. The number of hydrogen-bond donors (Lipinski definition) is 2. The number of carbonyl (C=O) groups is 2. The summed E-state index contributed by atoms with van der Waals surface area (Å²) in [5, 5.41) is 11.5. The first-order valence-corrected chi connectivity index (χ1v) is 12.1. The van der Waals surface area contributed by atoms with Crippen LogP contribution in [0.15, 0.2) is 55.0 Å². The molecule has 192 valence electrons. The van der Waals surface area contributed by atoms with Gasteiger partial charge in [-0.3, -0.25) is 19.6 Å². The van der Waals surface area contributed by atoms with Gasteiger partial charge in [-0.2, -0.15) is 10.2 Å². The number of rotatable bonds is 11. The molecule has 1 unspecified atom stereocenters. The summed E-state index contributed by atoms with van der Waals surface area (Å²) < 4.78 is 16.4. The minimum absolute atomic E-state index is 0.0383. The molecular weight excluding hydrogens is 473 g/mol. The third-order valence-electron chi connectivity index (χ3n) is 6.18. The smallest absolute Gasteiger partial charge is 0.244 e. The molecule has 3 N–H and O–H groups in total. The van der Waals surface area contributed by atoms with Crippen LogP contribution in [0.2, 0.25) is 0 Å². The molecule has 0 saturated carbocycles. The minimum atomic E-state index is -0.457. The van der Waals surface area contributed by atoms with Gasteiger partial charge in [0.1, 0.15) is 18.6 Å². The highest BCUT2D eigenvalue weighted by Gasteiger charge is 2.16. The normalized spacial score (nSPS) is 11.9. The maximum Gasteiger partial charge on any atom is 0.244 e. The van der Waals surface area contributed by atoms with Crippen molar-refractivity contribution < 1.29 is 14.0 Å². The van der Waals surface area contributed by atoms with Gasteiger partial charge < -0.3 is 15.4 Å². The lowest BCUT2D eigenvalue weighted by molar-refractivity contribution is -0.130. The molecule has 1 amide bonds. The lowest BCUT2D eigenvalue weighted by Gasteiger charge is -2.17. The summed E-state index contributed by atoms with van der Waals surface area (Å²) in [4.78, 5) is 29.4. The van der Waals surface area contributed by atoms with Crippen molar-refractivity contribution in [3.05, 3.63) is 66.5 Å². The topological polar surface area (TPSA) is 123 Å². The van der Waals surface area contributed by atoms with Crippen molar-refractivity contribution in [1.29, 1.82) is 0 Å². The summed E-state index contributed by atoms with van der Waals surface area (Å²) in [5.74, 6) is -0.503. The number of amides is 1. The lowest BCUT2D eigenvalue weighted by atomic mass is 9.99. The van der Waals surface area contributed by atoms with E-state index in [9.17, 15) is 14.0 Å². The summed E-state index contributed by atoms with van der Waals surface area (Å²) in [5.41, 5.74) is 10.5. The van der Waals surface area contributed by atoms with E-state index in [1.54, 1.807) is 42.7 Å². The number of aldehydes is 1. The van der Waals surface area contributed by atoms with Crippen LogP contribution in [0.5, 0.6) is 0 Å². The molecular formula is C27H30FN7O2. The number of nitrogens with one attached hydrogen (secondary N) is 1. The van der Waals surface area contributed by atoms with Gasteiger partial charge in [-0.05, 0) is 56.0 Å². The zero-order valence-corrected chi connectivity index (χ0v) is 20.9. The number of benzene rings is 1. The molecule has 4 rings (SSSR count). The quantitative estimate of drug-likeness (QED) is 0.238. The van der Waals surface area contributed by atoms with Gasteiger partial charge in [-0.25, -0.2) is 4.39 Å². The summed E-state index contributed by atoms with van der Waals surface area (Å²) in [6, 6.07) is 10.1. The van der Waals surface area contributed by atoms with Gasteiger partial charge in [0.05, 0.1) is 29.8 Å². The van der Waals surface area contributed by atoms with E-state index >= 15 is 0 Å². The molecule has 1 atom stereocenters. The van der Waals surface area contributed by atoms with Gasteiger partial charge in [-0.1, -0.05) is 12.1 Å². The number of nitrogens with zero attached hydrogens (tertiary/aromatic N) is 5. The molecule has 3 aromatic heterocycles. The molecule has 0 aliphatic heterocycles. The van der Waals surface area contributed by atoms with E-state index in [0.29, 0.717) is 24.1 Å². The minimum Gasteiger partial charge on any atom is -0.344 e. The van der Waals surface area contributed by atoms with E-state index < -0.39 is 6.04 Å². The second-order valence-corrected chi connectivity index (χ2v) is 9.06. The number of nitrogens with two attached hydrogens (primary N) is 1. The Hall–Kier alpha value is -4.18. The zero-order valence-electron chi connectivity index (χ0n) is 20.9. The number of halogens is 1. The highest BCUT2D eigenvalue weighted by molar-refractivity contribution is 5.82. The Kier molecular flexibility index (Phi) is 8.19. The Morgan fingerprint density at radius 3 is 2.81 bits per heavy atom. The SMILES string of the molecule is Cc1cccc(-c2[nH]ncc2-c2ccc(F)c(-c3cnn(CC(=O)N(C)CCCCC(N)C=O)c3)c2)n1. The molecule has 0 bridgehead atoms. The average Bonchev–Trinajstić information content (AvgIpc) is 3.57.